The molecule has 1 aliphatic rings. The first-order valence-corrected chi connectivity index (χ1v) is 7.85. The monoisotopic (exact) mass is 298 g/mol. The Morgan fingerprint density at radius 3 is 2.52 bits per heavy atom. The molecule has 2 rings (SSSR count). The Balaban J connectivity index is 2.02. The van der Waals surface area contributed by atoms with E-state index >= 15 is 0 Å². The van der Waals surface area contributed by atoms with E-state index in [1.165, 1.54) is 25.3 Å². The molecule has 1 aromatic rings. The average Bonchev–Trinajstić information content (AvgIpc) is 2.49. The smallest absolute Gasteiger partial charge is 0.159 e. The normalized spacial score (nSPS) is 19.4. The zero-order valence-electron chi connectivity index (χ0n) is 12.5. The minimum Gasteiger partial charge on any atom is -0.390 e. The second kappa shape index (κ2) is 7.85. The quantitative estimate of drug-likeness (QED) is 0.864. The van der Waals surface area contributed by atoms with Crippen molar-refractivity contribution in [1.82, 2.24) is 0 Å². The molecule has 2 unspecified atom stereocenters. The van der Waals surface area contributed by atoms with Gasteiger partial charge >= 0.3 is 0 Å². The van der Waals surface area contributed by atoms with Gasteiger partial charge < -0.3 is 9.84 Å². The summed E-state index contributed by atoms with van der Waals surface area (Å²) in [6.07, 6.45) is 5.12. The molecule has 0 heterocycles. The van der Waals surface area contributed by atoms with Crippen LogP contribution in [0, 0.1) is 17.6 Å². The predicted molar refractivity (Wildman–Crippen MR) is 78.1 cm³/mol. The lowest BCUT2D eigenvalue weighted by Gasteiger charge is -2.33. The van der Waals surface area contributed by atoms with Crippen LogP contribution < -0.4 is 0 Å². The Morgan fingerprint density at radius 1 is 1.19 bits per heavy atom. The molecule has 0 bridgehead atoms. The van der Waals surface area contributed by atoms with Crippen molar-refractivity contribution in [3.8, 4) is 0 Å². The van der Waals surface area contributed by atoms with Crippen molar-refractivity contribution in [3.05, 3.63) is 35.4 Å². The largest absolute Gasteiger partial charge is 0.390 e. The van der Waals surface area contributed by atoms with Crippen molar-refractivity contribution >= 4 is 0 Å². The summed E-state index contributed by atoms with van der Waals surface area (Å²) in [5, 5.41) is 10.5. The van der Waals surface area contributed by atoms with Crippen LogP contribution in [0.25, 0.3) is 0 Å². The third-order valence-electron chi connectivity index (χ3n) is 4.28. The number of ether oxygens (including phenoxy) is 1. The van der Waals surface area contributed by atoms with Crippen molar-refractivity contribution in [2.75, 3.05) is 6.61 Å². The Hall–Kier alpha value is -1.00. The van der Waals surface area contributed by atoms with E-state index in [9.17, 15) is 13.9 Å². The fourth-order valence-corrected chi connectivity index (χ4v) is 3.24. The van der Waals surface area contributed by atoms with Crippen molar-refractivity contribution in [3.63, 3.8) is 0 Å². The fraction of sp³-hybridized carbons (Fsp3) is 0.647. The van der Waals surface area contributed by atoms with Gasteiger partial charge in [-0.25, -0.2) is 8.78 Å². The van der Waals surface area contributed by atoms with Crippen LogP contribution in [0.2, 0.25) is 0 Å². The molecule has 4 heteroatoms. The Kier molecular flexibility index (Phi) is 6.12. The zero-order chi connectivity index (χ0) is 15.2. The van der Waals surface area contributed by atoms with Gasteiger partial charge in [0.2, 0.25) is 0 Å². The van der Waals surface area contributed by atoms with Crippen LogP contribution in [0.4, 0.5) is 8.78 Å². The van der Waals surface area contributed by atoms with Gasteiger partial charge in [0.15, 0.2) is 11.6 Å². The summed E-state index contributed by atoms with van der Waals surface area (Å²) in [6.45, 7) is 2.47. The summed E-state index contributed by atoms with van der Waals surface area (Å²) in [5.41, 5.74) is 0.599. The summed E-state index contributed by atoms with van der Waals surface area (Å²) in [4.78, 5) is 0. The fourth-order valence-electron chi connectivity index (χ4n) is 3.24. The first-order valence-electron chi connectivity index (χ1n) is 7.85. The summed E-state index contributed by atoms with van der Waals surface area (Å²) in [5.74, 6) is -1.37. The topological polar surface area (TPSA) is 29.5 Å². The molecule has 0 saturated heterocycles. The maximum atomic E-state index is 13.2. The lowest BCUT2D eigenvalue weighted by molar-refractivity contribution is -0.0715. The first kappa shape index (κ1) is 16.4. The number of halogens is 2. The molecule has 0 radical (unpaired) electrons. The molecule has 0 spiro atoms. The highest BCUT2D eigenvalue weighted by molar-refractivity contribution is 5.18. The summed E-state index contributed by atoms with van der Waals surface area (Å²) < 4.78 is 31.9. The number of hydrogen-bond acceptors (Lipinski definition) is 2. The first-order chi connectivity index (χ1) is 10.1. The molecule has 0 aromatic heterocycles. The van der Waals surface area contributed by atoms with Crippen LogP contribution in [0.1, 0.15) is 44.6 Å². The van der Waals surface area contributed by atoms with Gasteiger partial charge in [-0.05, 0) is 43.4 Å². The van der Waals surface area contributed by atoms with Gasteiger partial charge in [0.1, 0.15) is 0 Å². The lowest BCUT2D eigenvalue weighted by Crippen LogP contribution is -2.38. The number of benzene rings is 1. The molecule has 0 aliphatic heterocycles. The van der Waals surface area contributed by atoms with Crippen molar-refractivity contribution in [2.24, 2.45) is 5.92 Å². The number of hydrogen-bond donors (Lipinski definition) is 1. The molecule has 118 valence electrons. The second-order valence-electron chi connectivity index (χ2n) is 5.84. The van der Waals surface area contributed by atoms with Gasteiger partial charge in [-0.1, -0.05) is 25.3 Å². The molecule has 1 aliphatic carbocycles. The van der Waals surface area contributed by atoms with E-state index < -0.39 is 17.7 Å². The highest BCUT2D eigenvalue weighted by Gasteiger charge is 2.30. The maximum absolute atomic E-state index is 13.2. The number of aliphatic hydroxyl groups is 1. The molecule has 2 atom stereocenters. The van der Waals surface area contributed by atoms with E-state index in [1.54, 1.807) is 0 Å². The SMILES string of the molecule is CCOC(C(O)Cc1ccc(F)c(F)c1)C1CCCCC1. The zero-order valence-corrected chi connectivity index (χ0v) is 12.5. The maximum Gasteiger partial charge on any atom is 0.159 e. The third kappa shape index (κ3) is 4.48. The molecular weight excluding hydrogens is 274 g/mol. The molecule has 2 nitrogen and oxygen atoms in total. The van der Waals surface area contributed by atoms with Gasteiger partial charge in [0, 0.05) is 13.0 Å². The molecule has 1 aromatic carbocycles. The van der Waals surface area contributed by atoms with Gasteiger partial charge in [0.05, 0.1) is 12.2 Å². The van der Waals surface area contributed by atoms with E-state index in [2.05, 4.69) is 0 Å². The third-order valence-corrected chi connectivity index (χ3v) is 4.28. The standard InChI is InChI=1S/C17H24F2O2/c1-2-21-17(13-6-4-3-5-7-13)16(20)11-12-8-9-14(18)15(19)10-12/h8-10,13,16-17,20H,2-7,11H2,1H3. The average molecular weight is 298 g/mol. The van der Waals surface area contributed by atoms with Crippen molar-refractivity contribution in [2.45, 2.75) is 57.7 Å². The van der Waals surface area contributed by atoms with Crippen molar-refractivity contribution < 1.29 is 18.6 Å². The summed E-state index contributed by atoms with van der Waals surface area (Å²) >= 11 is 0. The van der Waals surface area contributed by atoms with Crippen LogP contribution in [-0.4, -0.2) is 23.9 Å². The molecule has 21 heavy (non-hydrogen) atoms. The minimum atomic E-state index is -0.870. The van der Waals surface area contributed by atoms with E-state index in [0.717, 1.165) is 25.0 Å². The van der Waals surface area contributed by atoms with E-state index in [1.807, 2.05) is 6.92 Å². The van der Waals surface area contributed by atoms with E-state index in [0.29, 0.717) is 24.5 Å². The minimum absolute atomic E-state index is 0.219. The number of aliphatic hydroxyl groups excluding tert-OH is 1. The second-order valence-corrected chi connectivity index (χ2v) is 5.84. The van der Waals surface area contributed by atoms with E-state index in [-0.39, 0.29) is 6.10 Å². The van der Waals surface area contributed by atoms with Gasteiger partial charge in [-0.15, -0.1) is 0 Å². The number of rotatable bonds is 6. The molecular formula is C17H24F2O2. The Bertz CT molecular complexity index is 444. The van der Waals surface area contributed by atoms with Crippen LogP contribution in [-0.2, 0) is 11.2 Å². The predicted octanol–water partition coefficient (Wildman–Crippen LogP) is 3.85. The Labute approximate surface area is 125 Å². The van der Waals surface area contributed by atoms with Gasteiger partial charge in [0.25, 0.3) is 0 Å². The summed E-state index contributed by atoms with van der Waals surface area (Å²) in [7, 11) is 0. The van der Waals surface area contributed by atoms with Gasteiger partial charge in [-0.2, -0.15) is 0 Å². The van der Waals surface area contributed by atoms with Crippen LogP contribution in [0.15, 0.2) is 18.2 Å². The highest BCUT2D eigenvalue weighted by atomic mass is 19.2. The van der Waals surface area contributed by atoms with Crippen molar-refractivity contribution in [1.29, 1.82) is 0 Å². The molecule has 1 fully saturated rings. The van der Waals surface area contributed by atoms with Crippen LogP contribution in [0.3, 0.4) is 0 Å². The highest BCUT2D eigenvalue weighted by Crippen LogP contribution is 2.30. The van der Waals surface area contributed by atoms with Crippen LogP contribution >= 0.6 is 0 Å². The molecule has 1 saturated carbocycles. The molecule has 0 amide bonds. The lowest BCUT2D eigenvalue weighted by atomic mass is 9.82. The van der Waals surface area contributed by atoms with E-state index in [4.69, 9.17) is 4.74 Å². The summed E-state index contributed by atoms with van der Waals surface area (Å²) in [6, 6.07) is 3.78. The van der Waals surface area contributed by atoms with Gasteiger partial charge in [-0.3, -0.25) is 0 Å². The Morgan fingerprint density at radius 2 is 1.90 bits per heavy atom. The molecule has 1 N–H and O–H groups in total. The van der Waals surface area contributed by atoms with Crippen LogP contribution in [0.5, 0.6) is 0 Å².